The fourth-order valence-corrected chi connectivity index (χ4v) is 2.81. The number of hydrogen-bond donors (Lipinski definition) is 0. The summed E-state index contributed by atoms with van der Waals surface area (Å²) < 4.78 is 5.13. The van der Waals surface area contributed by atoms with Crippen LogP contribution in [-0.2, 0) is 13.0 Å². The van der Waals surface area contributed by atoms with Crippen molar-refractivity contribution in [1.29, 1.82) is 0 Å². The first-order valence-electron chi connectivity index (χ1n) is 7.70. The maximum atomic E-state index is 5.13. The standard InChI is InChI=1S/C17H23N3O/c1-15-17(13-18-21-15)14-20-11-9-19(10-12-20)8-7-16-5-3-2-4-6-16/h2-6,13H,7-12,14H2,1H3. The first-order chi connectivity index (χ1) is 10.3. The Morgan fingerprint density at radius 2 is 1.76 bits per heavy atom. The molecule has 1 aromatic carbocycles. The van der Waals surface area contributed by atoms with Gasteiger partial charge >= 0.3 is 0 Å². The molecule has 1 fully saturated rings. The highest BCUT2D eigenvalue weighted by atomic mass is 16.5. The summed E-state index contributed by atoms with van der Waals surface area (Å²) in [7, 11) is 0. The highest BCUT2D eigenvalue weighted by Crippen LogP contribution is 2.12. The maximum Gasteiger partial charge on any atom is 0.138 e. The summed E-state index contributed by atoms with van der Waals surface area (Å²) in [6.07, 6.45) is 2.99. The van der Waals surface area contributed by atoms with Crippen LogP contribution >= 0.6 is 0 Å². The minimum absolute atomic E-state index is 0.946. The second kappa shape index (κ2) is 6.87. The lowest BCUT2D eigenvalue weighted by atomic mass is 10.1. The van der Waals surface area contributed by atoms with Crippen LogP contribution in [0.5, 0.6) is 0 Å². The van der Waals surface area contributed by atoms with Gasteiger partial charge in [-0.25, -0.2) is 0 Å². The molecule has 3 rings (SSSR count). The predicted octanol–water partition coefficient (Wildman–Crippen LogP) is 2.34. The summed E-state index contributed by atoms with van der Waals surface area (Å²) in [5.41, 5.74) is 2.65. The van der Waals surface area contributed by atoms with E-state index >= 15 is 0 Å². The number of hydrogen-bond acceptors (Lipinski definition) is 4. The van der Waals surface area contributed by atoms with Crippen molar-refractivity contribution in [3.63, 3.8) is 0 Å². The van der Waals surface area contributed by atoms with E-state index in [4.69, 9.17) is 4.52 Å². The van der Waals surface area contributed by atoms with Gasteiger partial charge < -0.3 is 9.42 Å². The van der Waals surface area contributed by atoms with Gasteiger partial charge in [-0.3, -0.25) is 4.90 Å². The highest BCUT2D eigenvalue weighted by molar-refractivity contribution is 5.15. The fourth-order valence-electron chi connectivity index (χ4n) is 2.81. The number of nitrogens with zero attached hydrogens (tertiary/aromatic N) is 3. The third-order valence-corrected chi connectivity index (χ3v) is 4.27. The lowest BCUT2D eigenvalue weighted by Crippen LogP contribution is -2.46. The number of rotatable bonds is 5. The first-order valence-corrected chi connectivity index (χ1v) is 7.70. The van der Waals surface area contributed by atoms with Crippen LogP contribution in [0, 0.1) is 6.92 Å². The molecule has 4 heteroatoms. The van der Waals surface area contributed by atoms with E-state index in [1.165, 1.54) is 11.1 Å². The van der Waals surface area contributed by atoms with Gasteiger partial charge in [0.1, 0.15) is 5.76 Å². The molecule has 1 aliphatic heterocycles. The summed E-state index contributed by atoms with van der Waals surface area (Å²) >= 11 is 0. The average Bonchev–Trinajstić information content (AvgIpc) is 2.93. The molecular formula is C17H23N3O. The lowest BCUT2D eigenvalue weighted by Gasteiger charge is -2.34. The van der Waals surface area contributed by atoms with Gasteiger partial charge in [0.15, 0.2) is 0 Å². The van der Waals surface area contributed by atoms with E-state index < -0.39 is 0 Å². The third-order valence-electron chi connectivity index (χ3n) is 4.27. The molecule has 1 aromatic heterocycles. The van der Waals surface area contributed by atoms with E-state index in [2.05, 4.69) is 45.3 Å². The fraction of sp³-hybridized carbons (Fsp3) is 0.471. The van der Waals surface area contributed by atoms with Gasteiger partial charge in [0, 0.05) is 44.8 Å². The van der Waals surface area contributed by atoms with Crippen LogP contribution in [0.15, 0.2) is 41.1 Å². The summed E-state index contributed by atoms with van der Waals surface area (Å²) in [4.78, 5) is 5.04. The Hall–Kier alpha value is -1.65. The van der Waals surface area contributed by atoms with E-state index in [0.717, 1.165) is 51.4 Å². The SMILES string of the molecule is Cc1oncc1CN1CCN(CCc2ccccc2)CC1. The van der Waals surface area contributed by atoms with Gasteiger partial charge in [-0.2, -0.15) is 0 Å². The van der Waals surface area contributed by atoms with Gasteiger partial charge in [0.05, 0.1) is 6.20 Å². The van der Waals surface area contributed by atoms with Crippen molar-refractivity contribution in [2.45, 2.75) is 19.9 Å². The minimum Gasteiger partial charge on any atom is -0.361 e. The van der Waals surface area contributed by atoms with Crippen molar-refractivity contribution in [2.24, 2.45) is 0 Å². The van der Waals surface area contributed by atoms with Crippen LogP contribution in [0.25, 0.3) is 0 Å². The van der Waals surface area contributed by atoms with E-state index in [1.54, 1.807) is 0 Å². The normalized spacial score (nSPS) is 17.2. The van der Waals surface area contributed by atoms with Gasteiger partial charge in [-0.05, 0) is 18.9 Å². The smallest absolute Gasteiger partial charge is 0.138 e. The maximum absolute atomic E-state index is 5.13. The van der Waals surface area contributed by atoms with Crippen molar-refractivity contribution in [3.8, 4) is 0 Å². The molecule has 0 saturated carbocycles. The molecule has 0 aliphatic carbocycles. The number of aromatic nitrogens is 1. The Balaban J connectivity index is 1.42. The Morgan fingerprint density at radius 1 is 1.05 bits per heavy atom. The molecule has 21 heavy (non-hydrogen) atoms. The molecule has 1 aliphatic rings. The molecule has 1 saturated heterocycles. The van der Waals surface area contributed by atoms with E-state index in [9.17, 15) is 0 Å². The molecule has 0 N–H and O–H groups in total. The van der Waals surface area contributed by atoms with Gasteiger partial charge in [0.2, 0.25) is 0 Å². The second-order valence-corrected chi connectivity index (χ2v) is 5.76. The molecular weight excluding hydrogens is 262 g/mol. The van der Waals surface area contributed by atoms with Crippen molar-refractivity contribution in [1.82, 2.24) is 15.0 Å². The first kappa shape index (κ1) is 14.3. The van der Waals surface area contributed by atoms with Gasteiger partial charge in [-0.15, -0.1) is 0 Å². The van der Waals surface area contributed by atoms with Crippen molar-refractivity contribution in [2.75, 3.05) is 32.7 Å². The van der Waals surface area contributed by atoms with Crippen LogP contribution in [-0.4, -0.2) is 47.7 Å². The number of benzene rings is 1. The molecule has 0 bridgehead atoms. The molecule has 112 valence electrons. The van der Waals surface area contributed by atoms with Gasteiger partial charge in [0.25, 0.3) is 0 Å². The van der Waals surface area contributed by atoms with Crippen LogP contribution < -0.4 is 0 Å². The van der Waals surface area contributed by atoms with Crippen molar-refractivity contribution in [3.05, 3.63) is 53.4 Å². The molecule has 0 radical (unpaired) electrons. The van der Waals surface area contributed by atoms with E-state index in [1.807, 2.05) is 13.1 Å². The Morgan fingerprint density at radius 3 is 2.43 bits per heavy atom. The molecule has 0 spiro atoms. The molecule has 2 heterocycles. The molecule has 0 amide bonds. The van der Waals surface area contributed by atoms with E-state index in [-0.39, 0.29) is 0 Å². The third kappa shape index (κ3) is 3.93. The predicted molar refractivity (Wildman–Crippen MR) is 83.1 cm³/mol. The zero-order valence-corrected chi connectivity index (χ0v) is 12.7. The average molecular weight is 285 g/mol. The minimum atomic E-state index is 0.946. The number of aryl methyl sites for hydroxylation is 1. The molecule has 0 unspecified atom stereocenters. The molecule has 0 atom stereocenters. The zero-order chi connectivity index (χ0) is 14.5. The monoisotopic (exact) mass is 285 g/mol. The zero-order valence-electron chi connectivity index (χ0n) is 12.7. The van der Waals surface area contributed by atoms with E-state index in [0.29, 0.717) is 0 Å². The largest absolute Gasteiger partial charge is 0.361 e. The summed E-state index contributed by atoms with van der Waals surface area (Å²) in [6.45, 7) is 8.65. The van der Waals surface area contributed by atoms with Gasteiger partial charge in [-0.1, -0.05) is 35.5 Å². The van der Waals surface area contributed by atoms with Crippen molar-refractivity contribution < 1.29 is 4.52 Å². The quantitative estimate of drug-likeness (QED) is 0.844. The molecule has 2 aromatic rings. The number of piperazine rings is 1. The van der Waals surface area contributed by atoms with Crippen LogP contribution in [0.3, 0.4) is 0 Å². The lowest BCUT2D eigenvalue weighted by molar-refractivity contribution is 0.128. The summed E-state index contributed by atoms with van der Waals surface area (Å²) in [6, 6.07) is 10.7. The molecule has 4 nitrogen and oxygen atoms in total. The topological polar surface area (TPSA) is 32.5 Å². The van der Waals surface area contributed by atoms with Crippen molar-refractivity contribution >= 4 is 0 Å². The highest BCUT2D eigenvalue weighted by Gasteiger charge is 2.18. The Labute approximate surface area is 126 Å². The summed E-state index contributed by atoms with van der Waals surface area (Å²) in [5.74, 6) is 0.946. The van der Waals surface area contributed by atoms with Crippen LogP contribution in [0.1, 0.15) is 16.9 Å². The second-order valence-electron chi connectivity index (χ2n) is 5.76. The Bertz CT molecular complexity index is 544. The van der Waals surface area contributed by atoms with Crippen LogP contribution in [0.4, 0.5) is 0 Å². The summed E-state index contributed by atoms with van der Waals surface area (Å²) in [5, 5.41) is 3.85. The van der Waals surface area contributed by atoms with Crippen LogP contribution in [0.2, 0.25) is 0 Å². The Kier molecular flexibility index (Phi) is 4.68.